The van der Waals surface area contributed by atoms with Gasteiger partial charge in [-0.3, -0.25) is 9.78 Å². The van der Waals surface area contributed by atoms with Gasteiger partial charge in [0.1, 0.15) is 5.01 Å². The number of amides is 1. The summed E-state index contributed by atoms with van der Waals surface area (Å²) in [6.45, 7) is 1.93. The van der Waals surface area contributed by atoms with E-state index in [4.69, 9.17) is 0 Å². The molecule has 6 heteroatoms. The summed E-state index contributed by atoms with van der Waals surface area (Å²) in [5.74, 6) is -0.121. The van der Waals surface area contributed by atoms with E-state index in [1.165, 1.54) is 11.3 Å². The lowest BCUT2D eigenvalue weighted by Gasteiger charge is -2.08. The molecule has 0 aliphatic heterocycles. The van der Waals surface area contributed by atoms with Gasteiger partial charge in [0, 0.05) is 34.3 Å². The fourth-order valence-corrected chi connectivity index (χ4v) is 3.45. The highest BCUT2D eigenvalue weighted by Crippen LogP contribution is 2.24. The Hall–Kier alpha value is -2.31. The van der Waals surface area contributed by atoms with Crippen molar-refractivity contribution in [3.8, 4) is 11.3 Å². The topological polar surface area (TPSA) is 54.9 Å². The van der Waals surface area contributed by atoms with E-state index in [1.807, 2.05) is 48.0 Å². The van der Waals surface area contributed by atoms with Crippen molar-refractivity contribution in [3.05, 3.63) is 63.4 Å². The third-order valence-electron chi connectivity index (χ3n) is 3.15. The molecule has 23 heavy (non-hydrogen) atoms. The Balaban J connectivity index is 1.63. The number of nitrogens with zero attached hydrogens (tertiary/aromatic N) is 2. The number of thiophene rings is 1. The second-order valence-electron chi connectivity index (χ2n) is 4.89. The minimum absolute atomic E-state index is 0.121. The second kappa shape index (κ2) is 7.30. The van der Waals surface area contributed by atoms with E-state index in [1.54, 1.807) is 29.8 Å². The molecule has 0 saturated heterocycles. The van der Waals surface area contributed by atoms with Crippen LogP contribution in [0.4, 0.5) is 0 Å². The van der Waals surface area contributed by atoms with Crippen molar-refractivity contribution in [2.45, 2.75) is 13.0 Å². The van der Waals surface area contributed by atoms with Crippen LogP contribution in [0.2, 0.25) is 0 Å². The highest BCUT2D eigenvalue weighted by Gasteiger charge is 2.13. The molecule has 0 radical (unpaired) electrons. The van der Waals surface area contributed by atoms with E-state index in [0.717, 1.165) is 21.1 Å². The van der Waals surface area contributed by atoms with Crippen LogP contribution in [0.25, 0.3) is 17.3 Å². The molecule has 0 bridgehead atoms. The molecule has 1 amide bonds. The fraction of sp³-hybridized carbons (Fsp3) is 0.118. The molecule has 0 saturated carbocycles. The standard InChI is InChI=1S/C17H15N3OS2/c1-12(19-16(21)7-6-14-5-3-9-22-14)17-20-15(11-23-17)13-4-2-8-18-10-13/h2-12H,1H3,(H,19,21)/b7-6+. The van der Waals surface area contributed by atoms with Crippen molar-refractivity contribution in [2.24, 2.45) is 0 Å². The molecule has 3 aromatic heterocycles. The van der Waals surface area contributed by atoms with Gasteiger partial charge in [0.15, 0.2) is 0 Å². The van der Waals surface area contributed by atoms with Gasteiger partial charge in [-0.05, 0) is 36.6 Å². The van der Waals surface area contributed by atoms with Crippen LogP contribution in [-0.2, 0) is 4.79 Å². The van der Waals surface area contributed by atoms with E-state index in [9.17, 15) is 4.79 Å². The van der Waals surface area contributed by atoms with E-state index in [2.05, 4.69) is 15.3 Å². The molecule has 4 nitrogen and oxygen atoms in total. The first-order chi connectivity index (χ1) is 11.2. The normalized spacial score (nSPS) is 12.4. The number of carbonyl (C=O) groups is 1. The summed E-state index contributed by atoms with van der Waals surface area (Å²) in [5, 5.41) is 7.78. The zero-order chi connectivity index (χ0) is 16.1. The lowest BCUT2D eigenvalue weighted by Crippen LogP contribution is -2.24. The van der Waals surface area contributed by atoms with Gasteiger partial charge in [0.25, 0.3) is 0 Å². The Kier molecular flexibility index (Phi) is 4.95. The molecule has 116 valence electrons. The molecule has 0 fully saturated rings. The number of aromatic nitrogens is 2. The molecular weight excluding hydrogens is 326 g/mol. The average Bonchev–Trinajstić information content (AvgIpc) is 3.25. The molecule has 1 unspecified atom stereocenters. The fourth-order valence-electron chi connectivity index (χ4n) is 2.00. The van der Waals surface area contributed by atoms with Crippen molar-refractivity contribution in [1.82, 2.24) is 15.3 Å². The second-order valence-corrected chi connectivity index (χ2v) is 6.76. The Morgan fingerprint density at radius 2 is 2.22 bits per heavy atom. The maximum Gasteiger partial charge on any atom is 0.244 e. The van der Waals surface area contributed by atoms with Crippen molar-refractivity contribution >= 4 is 34.7 Å². The molecule has 3 aromatic rings. The van der Waals surface area contributed by atoms with Gasteiger partial charge in [-0.2, -0.15) is 0 Å². The monoisotopic (exact) mass is 341 g/mol. The van der Waals surface area contributed by atoms with Gasteiger partial charge in [-0.25, -0.2) is 4.98 Å². The quantitative estimate of drug-likeness (QED) is 0.709. The minimum atomic E-state index is -0.133. The van der Waals surface area contributed by atoms with E-state index in [0.29, 0.717) is 0 Å². The largest absolute Gasteiger partial charge is 0.344 e. The summed E-state index contributed by atoms with van der Waals surface area (Å²) in [7, 11) is 0. The van der Waals surface area contributed by atoms with Gasteiger partial charge >= 0.3 is 0 Å². The van der Waals surface area contributed by atoms with Crippen LogP contribution in [0.15, 0.2) is 53.5 Å². The Bertz CT molecular complexity index is 794. The first-order valence-electron chi connectivity index (χ1n) is 7.10. The first kappa shape index (κ1) is 15.6. The number of carbonyl (C=O) groups excluding carboxylic acids is 1. The molecule has 0 aromatic carbocycles. The molecule has 0 aliphatic carbocycles. The Morgan fingerprint density at radius 3 is 2.96 bits per heavy atom. The molecule has 3 rings (SSSR count). The summed E-state index contributed by atoms with van der Waals surface area (Å²) in [4.78, 5) is 21.7. The summed E-state index contributed by atoms with van der Waals surface area (Å²) >= 11 is 3.13. The SMILES string of the molecule is CC(NC(=O)/C=C/c1cccs1)c1nc(-c2cccnc2)cs1. The van der Waals surface area contributed by atoms with E-state index < -0.39 is 0 Å². The van der Waals surface area contributed by atoms with Crippen LogP contribution < -0.4 is 5.32 Å². The van der Waals surface area contributed by atoms with Crippen molar-refractivity contribution in [3.63, 3.8) is 0 Å². The number of hydrogen-bond acceptors (Lipinski definition) is 5. The van der Waals surface area contributed by atoms with Crippen LogP contribution >= 0.6 is 22.7 Å². The van der Waals surface area contributed by atoms with E-state index in [-0.39, 0.29) is 11.9 Å². The molecule has 3 heterocycles. The van der Waals surface area contributed by atoms with Crippen LogP contribution in [0.3, 0.4) is 0 Å². The van der Waals surface area contributed by atoms with Gasteiger partial charge in [0.05, 0.1) is 11.7 Å². The number of nitrogens with one attached hydrogen (secondary N) is 1. The summed E-state index contributed by atoms with van der Waals surface area (Å²) < 4.78 is 0. The molecule has 1 N–H and O–H groups in total. The summed E-state index contributed by atoms with van der Waals surface area (Å²) in [5.41, 5.74) is 1.86. The Labute approximate surface area is 142 Å². The van der Waals surface area contributed by atoms with E-state index >= 15 is 0 Å². The average molecular weight is 341 g/mol. The zero-order valence-electron chi connectivity index (χ0n) is 12.5. The third kappa shape index (κ3) is 4.12. The maximum absolute atomic E-state index is 12.0. The van der Waals surface area contributed by atoms with Crippen molar-refractivity contribution in [2.75, 3.05) is 0 Å². The number of hydrogen-bond donors (Lipinski definition) is 1. The first-order valence-corrected chi connectivity index (χ1v) is 8.86. The molecular formula is C17H15N3OS2. The third-order valence-corrected chi connectivity index (χ3v) is 5.02. The lowest BCUT2D eigenvalue weighted by atomic mass is 10.2. The number of thiazole rings is 1. The predicted molar refractivity (Wildman–Crippen MR) is 95.3 cm³/mol. The highest BCUT2D eigenvalue weighted by molar-refractivity contribution is 7.10. The van der Waals surface area contributed by atoms with Gasteiger partial charge in [0.2, 0.25) is 5.91 Å². The molecule has 1 atom stereocenters. The smallest absolute Gasteiger partial charge is 0.244 e. The van der Waals surface area contributed by atoms with Crippen LogP contribution in [0.5, 0.6) is 0 Å². The van der Waals surface area contributed by atoms with Crippen LogP contribution in [0, 0.1) is 0 Å². The van der Waals surface area contributed by atoms with Crippen LogP contribution in [0.1, 0.15) is 22.9 Å². The maximum atomic E-state index is 12.0. The zero-order valence-corrected chi connectivity index (χ0v) is 14.1. The van der Waals surface area contributed by atoms with Gasteiger partial charge in [-0.1, -0.05) is 6.07 Å². The Morgan fingerprint density at radius 1 is 1.30 bits per heavy atom. The minimum Gasteiger partial charge on any atom is -0.344 e. The van der Waals surface area contributed by atoms with Crippen molar-refractivity contribution < 1.29 is 4.79 Å². The number of rotatable bonds is 5. The predicted octanol–water partition coefficient (Wildman–Crippen LogP) is 4.16. The van der Waals surface area contributed by atoms with Gasteiger partial charge in [-0.15, -0.1) is 22.7 Å². The highest BCUT2D eigenvalue weighted by atomic mass is 32.1. The van der Waals surface area contributed by atoms with Crippen molar-refractivity contribution in [1.29, 1.82) is 0 Å². The summed E-state index contributed by atoms with van der Waals surface area (Å²) in [6, 6.07) is 7.65. The van der Waals surface area contributed by atoms with Gasteiger partial charge < -0.3 is 5.32 Å². The number of pyridine rings is 1. The molecule has 0 spiro atoms. The van der Waals surface area contributed by atoms with Crippen LogP contribution in [-0.4, -0.2) is 15.9 Å². The lowest BCUT2D eigenvalue weighted by molar-refractivity contribution is -0.117. The molecule has 0 aliphatic rings. The summed E-state index contributed by atoms with van der Waals surface area (Å²) in [6.07, 6.45) is 6.89.